The average molecular weight is 280 g/mol. The number of nitrogens with one attached hydrogen (secondary N) is 1. The molecule has 1 aromatic rings. The van der Waals surface area contributed by atoms with Crippen LogP contribution in [0.15, 0.2) is 10.8 Å². The molecule has 66 valence electrons. The number of halogens is 1. The number of hydrogen-bond donors (Lipinski definition) is 1. The van der Waals surface area contributed by atoms with Crippen LogP contribution < -0.4 is 5.32 Å². The number of alkyl halides is 1. The Kier molecular flexibility index (Phi) is 3.51. The molecule has 5 heteroatoms. The molecule has 0 aliphatic heterocycles. The van der Waals surface area contributed by atoms with Gasteiger partial charge in [-0.15, -0.1) is 0 Å². The van der Waals surface area contributed by atoms with Crippen molar-refractivity contribution in [2.24, 2.45) is 0 Å². The third-order valence-corrected chi connectivity index (χ3v) is 1.87. The number of aryl methyl sites for hydroxylation is 1. The smallest absolute Gasteiger partial charge is 0.289 e. The Morgan fingerprint density at radius 1 is 1.83 bits per heavy atom. The molecular formula is C7H9IN2O2. The molecule has 0 saturated carbocycles. The lowest BCUT2D eigenvalue weighted by Crippen LogP contribution is -2.25. The topological polar surface area (TPSA) is 55.1 Å². The summed E-state index contributed by atoms with van der Waals surface area (Å²) in [5.41, 5.74) is 0.626. The highest BCUT2D eigenvalue weighted by atomic mass is 127. The van der Waals surface area contributed by atoms with E-state index < -0.39 is 0 Å². The van der Waals surface area contributed by atoms with Gasteiger partial charge in [-0.05, 0) is 6.92 Å². The van der Waals surface area contributed by atoms with Crippen molar-refractivity contribution in [3.63, 3.8) is 0 Å². The first-order valence-electron chi connectivity index (χ1n) is 3.50. The van der Waals surface area contributed by atoms with Crippen molar-refractivity contribution < 1.29 is 9.21 Å². The minimum atomic E-state index is -0.193. The molecular weight excluding hydrogens is 271 g/mol. The molecule has 0 spiro atoms. The van der Waals surface area contributed by atoms with Gasteiger partial charge in [0.15, 0.2) is 6.39 Å². The van der Waals surface area contributed by atoms with Gasteiger partial charge in [0.2, 0.25) is 5.76 Å². The zero-order valence-corrected chi connectivity index (χ0v) is 8.79. The third kappa shape index (κ3) is 2.20. The number of aromatic nitrogens is 1. The molecule has 4 nitrogen and oxygen atoms in total. The summed E-state index contributed by atoms with van der Waals surface area (Å²) in [5, 5.41) is 2.70. The standard InChI is InChI=1S/C7H9IN2O2/c1-5-6(12-4-10-5)7(11)9-3-2-8/h4H,2-3H2,1H3,(H,9,11). The molecule has 1 aromatic heterocycles. The second kappa shape index (κ2) is 4.44. The average Bonchev–Trinajstić information content (AvgIpc) is 2.47. The molecule has 1 amide bonds. The van der Waals surface area contributed by atoms with E-state index in [4.69, 9.17) is 4.42 Å². The maximum absolute atomic E-state index is 11.2. The number of amides is 1. The van der Waals surface area contributed by atoms with Gasteiger partial charge in [0.1, 0.15) is 0 Å². The third-order valence-electron chi connectivity index (χ3n) is 1.33. The maximum Gasteiger partial charge on any atom is 0.289 e. The Morgan fingerprint density at radius 3 is 3.08 bits per heavy atom. The molecule has 0 aliphatic carbocycles. The number of rotatable bonds is 3. The van der Waals surface area contributed by atoms with Crippen molar-refractivity contribution in [1.82, 2.24) is 10.3 Å². The SMILES string of the molecule is Cc1ncoc1C(=O)NCCI. The fraction of sp³-hybridized carbons (Fsp3) is 0.429. The summed E-state index contributed by atoms with van der Waals surface area (Å²) in [6.07, 6.45) is 1.27. The number of carbonyl (C=O) groups excluding carboxylic acids is 1. The molecule has 0 aromatic carbocycles. The van der Waals surface area contributed by atoms with Gasteiger partial charge in [-0.1, -0.05) is 22.6 Å². The van der Waals surface area contributed by atoms with Crippen LogP contribution in [-0.2, 0) is 0 Å². The zero-order chi connectivity index (χ0) is 8.97. The van der Waals surface area contributed by atoms with Gasteiger partial charge in [-0.3, -0.25) is 4.79 Å². The largest absolute Gasteiger partial charge is 0.438 e. The summed E-state index contributed by atoms with van der Waals surface area (Å²) in [4.78, 5) is 15.1. The van der Waals surface area contributed by atoms with Crippen molar-refractivity contribution in [3.8, 4) is 0 Å². The normalized spacial score (nSPS) is 9.83. The van der Waals surface area contributed by atoms with E-state index in [9.17, 15) is 4.79 Å². The van der Waals surface area contributed by atoms with E-state index in [1.54, 1.807) is 6.92 Å². The van der Waals surface area contributed by atoms with E-state index in [-0.39, 0.29) is 5.91 Å². The quantitative estimate of drug-likeness (QED) is 0.667. The van der Waals surface area contributed by atoms with Crippen LogP contribution >= 0.6 is 22.6 Å². The maximum atomic E-state index is 11.2. The van der Waals surface area contributed by atoms with Gasteiger partial charge in [0, 0.05) is 11.0 Å². The highest BCUT2D eigenvalue weighted by Gasteiger charge is 2.12. The van der Waals surface area contributed by atoms with E-state index in [1.165, 1.54) is 6.39 Å². The van der Waals surface area contributed by atoms with E-state index >= 15 is 0 Å². The predicted octanol–water partition coefficient (Wildman–Crippen LogP) is 1.15. The highest BCUT2D eigenvalue weighted by molar-refractivity contribution is 14.1. The lowest BCUT2D eigenvalue weighted by Gasteiger charge is -1.98. The monoisotopic (exact) mass is 280 g/mol. The minimum Gasteiger partial charge on any atom is -0.438 e. The van der Waals surface area contributed by atoms with E-state index in [2.05, 4.69) is 32.9 Å². The first-order valence-corrected chi connectivity index (χ1v) is 5.02. The highest BCUT2D eigenvalue weighted by Crippen LogP contribution is 2.03. The fourth-order valence-corrected chi connectivity index (χ4v) is 1.03. The second-order valence-electron chi connectivity index (χ2n) is 2.21. The molecule has 0 radical (unpaired) electrons. The van der Waals surface area contributed by atoms with Crippen LogP contribution in [-0.4, -0.2) is 21.9 Å². The van der Waals surface area contributed by atoms with Gasteiger partial charge in [0.25, 0.3) is 5.91 Å². The molecule has 1 N–H and O–H groups in total. The van der Waals surface area contributed by atoms with Gasteiger partial charge in [-0.2, -0.15) is 0 Å². The van der Waals surface area contributed by atoms with Crippen LogP contribution in [0, 0.1) is 6.92 Å². The Balaban J connectivity index is 2.59. The zero-order valence-electron chi connectivity index (χ0n) is 6.63. The summed E-state index contributed by atoms with van der Waals surface area (Å²) in [6.45, 7) is 2.39. The molecule has 0 bridgehead atoms. The fourth-order valence-electron chi connectivity index (χ4n) is 0.761. The second-order valence-corrected chi connectivity index (χ2v) is 3.29. The Bertz CT molecular complexity index is 272. The summed E-state index contributed by atoms with van der Waals surface area (Å²) in [6, 6.07) is 0. The number of hydrogen-bond acceptors (Lipinski definition) is 3. The molecule has 12 heavy (non-hydrogen) atoms. The Labute approximate surface area is 83.9 Å². The molecule has 1 rings (SSSR count). The predicted molar refractivity (Wildman–Crippen MR) is 52.5 cm³/mol. The molecule has 1 heterocycles. The van der Waals surface area contributed by atoms with Gasteiger partial charge < -0.3 is 9.73 Å². The Morgan fingerprint density at radius 2 is 2.58 bits per heavy atom. The van der Waals surface area contributed by atoms with Crippen LogP contribution in [0.1, 0.15) is 16.2 Å². The van der Waals surface area contributed by atoms with Crippen molar-refractivity contribution >= 4 is 28.5 Å². The molecule has 0 aliphatic rings. The minimum absolute atomic E-state index is 0.193. The summed E-state index contributed by atoms with van der Waals surface area (Å²) < 4.78 is 5.78. The van der Waals surface area contributed by atoms with Crippen LogP contribution in [0.4, 0.5) is 0 Å². The van der Waals surface area contributed by atoms with Crippen LogP contribution in [0.3, 0.4) is 0 Å². The Hall–Kier alpha value is -0.590. The molecule has 0 atom stereocenters. The summed E-state index contributed by atoms with van der Waals surface area (Å²) in [5.74, 6) is 0.113. The lowest BCUT2D eigenvalue weighted by atomic mass is 10.3. The van der Waals surface area contributed by atoms with E-state index in [0.717, 1.165) is 4.43 Å². The van der Waals surface area contributed by atoms with E-state index in [1.807, 2.05) is 0 Å². The first kappa shape index (κ1) is 9.50. The van der Waals surface area contributed by atoms with Gasteiger partial charge in [0.05, 0.1) is 5.69 Å². The molecule has 0 fully saturated rings. The first-order chi connectivity index (χ1) is 5.75. The molecule has 0 saturated heterocycles. The van der Waals surface area contributed by atoms with Gasteiger partial charge >= 0.3 is 0 Å². The number of nitrogens with zero attached hydrogens (tertiary/aromatic N) is 1. The van der Waals surface area contributed by atoms with Crippen LogP contribution in [0.25, 0.3) is 0 Å². The van der Waals surface area contributed by atoms with Crippen molar-refractivity contribution in [2.45, 2.75) is 6.92 Å². The van der Waals surface area contributed by atoms with Gasteiger partial charge in [-0.25, -0.2) is 4.98 Å². The van der Waals surface area contributed by atoms with Crippen molar-refractivity contribution in [3.05, 3.63) is 17.8 Å². The number of oxazole rings is 1. The van der Waals surface area contributed by atoms with Crippen molar-refractivity contribution in [2.75, 3.05) is 11.0 Å². The number of carbonyl (C=O) groups is 1. The van der Waals surface area contributed by atoms with Crippen molar-refractivity contribution in [1.29, 1.82) is 0 Å². The summed E-state index contributed by atoms with van der Waals surface area (Å²) >= 11 is 2.19. The van der Waals surface area contributed by atoms with Crippen LogP contribution in [0.5, 0.6) is 0 Å². The lowest BCUT2D eigenvalue weighted by molar-refractivity contribution is 0.0928. The van der Waals surface area contributed by atoms with Crippen LogP contribution in [0.2, 0.25) is 0 Å². The molecule has 0 unspecified atom stereocenters. The van der Waals surface area contributed by atoms with E-state index in [0.29, 0.717) is 18.0 Å². The summed E-state index contributed by atoms with van der Waals surface area (Å²) in [7, 11) is 0.